The van der Waals surface area contributed by atoms with E-state index >= 15 is 0 Å². The van der Waals surface area contributed by atoms with Crippen molar-refractivity contribution >= 4 is 17.7 Å². The summed E-state index contributed by atoms with van der Waals surface area (Å²) in [5.41, 5.74) is 1.12. The van der Waals surface area contributed by atoms with Gasteiger partial charge in [-0.1, -0.05) is 71.4 Å². The van der Waals surface area contributed by atoms with Crippen LogP contribution in [-0.4, -0.2) is 101 Å². The molecule has 1 fully saturated rings. The van der Waals surface area contributed by atoms with E-state index in [4.69, 9.17) is 18.9 Å². The van der Waals surface area contributed by atoms with Crippen LogP contribution in [0.2, 0.25) is 0 Å². The van der Waals surface area contributed by atoms with Crippen LogP contribution in [-0.2, 0) is 39.8 Å². The molecule has 0 bridgehead atoms. The molecule has 10 nitrogen and oxygen atoms in total. The Morgan fingerprint density at radius 3 is 2.17 bits per heavy atom. The van der Waals surface area contributed by atoms with Gasteiger partial charge in [0.15, 0.2) is 6.10 Å². The zero-order valence-corrected chi connectivity index (χ0v) is 26.9. The SMILES string of the molecule is CC[C@H](C)C([C@@H](CC(=O)NC[C@H]1OC(C(=O)NCCc2ccccc2)[C@@H](OC)[C@@H]1OC)OC)N(C)C(=O)[C@@H](C)C(C)C. The molecule has 3 amide bonds. The van der Waals surface area contributed by atoms with Crippen LogP contribution in [0.1, 0.15) is 53.0 Å². The Hall–Kier alpha value is -2.53. The van der Waals surface area contributed by atoms with Gasteiger partial charge in [-0.05, 0) is 23.8 Å². The van der Waals surface area contributed by atoms with E-state index < -0.39 is 30.5 Å². The minimum atomic E-state index is -0.873. The van der Waals surface area contributed by atoms with E-state index in [-0.39, 0.29) is 54.5 Å². The molecule has 0 radical (unpaired) electrons. The number of carbonyl (C=O) groups excluding carboxylic acids is 3. The summed E-state index contributed by atoms with van der Waals surface area (Å²) in [6, 6.07) is 9.63. The molecule has 10 heteroatoms. The van der Waals surface area contributed by atoms with E-state index in [1.54, 1.807) is 19.1 Å². The third-order valence-corrected chi connectivity index (χ3v) is 8.65. The van der Waals surface area contributed by atoms with E-state index in [1.165, 1.54) is 14.2 Å². The molecule has 2 N–H and O–H groups in total. The average Bonchev–Trinajstić information content (AvgIpc) is 3.36. The van der Waals surface area contributed by atoms with Crippen molar-refractivity contribution in [2.24, 2.45) is 17.8 Å². The van der Waals surface area contributed by atoms with E-state index in [1.807, 2.05) is 51.1 Å². The molecule has 42 heavy (non-hydrogen) atoms. The number of ether oxygens (including phenoxy) is 4. The molecule has 0 spiro atoms. The first-order chi connectivity index (χ1) is 20.0. The van der Waals surface area contributed by atoms with Crippen LogP contribution < -0.4 is 10.6 Å². The monoisotopic (exact) mass is 591 g/mol. The van der Waals surface area contributed by atoms with Crippen molar-refractivity contribution in [3.8, 4) is 0 Å². The maximum absolute atomic E-state index is 13.2. The molecular formula is C32H53N3O7. The fourth-order valence-electron chi connectivity index (χ4n) is 5.53. The van der Waals surface area contributed by atoms with Crippen LogP contribution in [0.3, 0.4) is 0 Å². The van der Waals surface area contributed by atoms with Gasteiger partial charge in [-0.15, -0.1) is 0 Å². The Morgan fingerprint density at radius 1 is 0.976 bits per heavy atom. The zero-order valence-electron chi connectivity index (χ0n) is 26.9. The van der Waals surface area contributed by atoms with Gasteiger partial charge < -0.3 is 34.5 Å². The summed E-state index contributed by atoms with van der Waals surface area (Å²) in [4.78, 5) is 41.1. The lowest BCUT2D eigenvalue weighted by molar-refractivity contribution is -0.144. The number of rotatable bonds is 17. The minimum absolute atomic E-state index is 0.0405. The number of nitrogens with zero attached hydrogens (tertiary/aromatic N) is 1. The van der Waals surface area contributed by atoms with Crippen molar-refractivity contribution < 1.29 is 33.3 Å². The number of benzene rings is 1. The summed E-state index contributed by atoms with van der Waals surface area (Å²) >= 11 is 0. The third-order valence-electron chi connectivity index (χ3n) is 8.65. The predicted octanol–water partition coefficient (Wildman–Crippen LogP) is 2.83. The molecule has 0 aromatic heterocycles. The molecule has 1 aliphatic heterocycles. The Kier molecular flexibility index (Phi) is 14.9. The highest BCUT2D eigenvalue weighted by molar-refractivity contribution is 5.82. The van der Waals surface area contributed by atoms with E-state index in [2.05, 4.69) is 24.5 Å². The number of hydrogen-bond acceptors (Lipinski definition) is 7. The fraction of sp³-hybridized carbons (Fsp3) is 0.719. The van der Waals surface area contributed by atoms with Crippen molar-refractivity contribution in [1.29, 1.82) is 0 Å². The number of nitrogens with one attached hydrogen (secondary N) is 2. The summed E-state index contributed by atoms with van der Waals surface area (Å²) in [5.74, 6) is -0.304. The second kappa shape index (κ2) is 17.6. The normalized spacial score (nSPS) is 23.2. The Balaban J connectivity index is 2.02. The Labute approximate surface area is 252 Å². The smallest absolute Gasteiger partial charge is 0.251 e. The van der Waals surface area contributed by atoms with Gasteiger partial charge in [0.05, 0.1) is 18.6 Å². The second-order valence-electron chi connectivity index (χ2n) is 11.7. The molecule has 1 aromatic carbocycles. The van der Waals surface area contributed by atoms with Gasteiger partial charge >= 0.3 is 0 Å². The number of methoxy groups -OCH3 is 3. The number of hydrogen-bond donors (Lipinski definition) is 2. The quantitative estimate of drug-likeness (QED) is 0.286. The predicted molar refractivity (Wildman–Crippen MR) is 162 cm³/mol. The van der Waals surface area contributed by atoms with Gasteiger partial charge in [0.25, 0.3) is 5.91 Å². The highest BCUT2D eigenvalue weighted by atomic mass is 16.6. The first-order valence-corrected chi connectivity index (χ1v) is 15.1. The first kappa shape index (κ1) is 35.7. The maximum atomic E-state index is 13.2. The molecule has 1 aliphatic rings. The maximum Gasteiger partial charge on any atom is 0.251 e. The van der Waals surface area contributed by atoms with E-state index in [0.717, 1.165) is 12.0 Å². The van der Waals surface area contributed by atoms with Crippen molar-refractivity contribution in [1.82, 2.24) is 15.5 Å². The lowest BCUT2D eigenvalue weighted by Crippen LogP contribution is -2.52. The molecule has 238 valence electrons. The van der Waals surface area contributed by atoms with Gasteiger partial charge in [0, 0.05) is 47.4 Å². The van der Waals surface area contributed by atoms with E-state index in [0.29, 0.717) is 13.0 Å². The summed E-state index contributed by atoms with van der Waals surface area (Å²) < 4.78 is 23.1. The molecule has 2 unspecified atom stereocenters. The molecule has 8 atom stereocenters. The molecular weight excluding hydrogens is 538 g/mol. The van der Waals surface area contributed by atoms with Crippen LogP contribution in [0.4, 0.5) is 0 Å². The molecule has 0 aliphatic carbocycles. The van der Waals surface area contributed by atoms with Crippen LogP contribution in [0, 0.1) is 17.8 Å². The number of likely N-dealkylation sites (N-methyl/N-ethyl adjacent to an activating group) is 1. The lowest BCUT2D eigenvalue weighted by Gasteiger charge is -2.39. The first-order valence-electron chi connectivity index (χ1n) is 15.1. The highest BCUT2D eigenvalue weighted by Crippen LogP contribution is 2.27. The second-order valence-corrected chi connectivity index (χ2v) is 11.7. The van der Waals surface area contributed by atoms with Crippen molar-refractivity contribution in [2.45, 2.75) is 90.4 Å². The summed E-state index contributed by atoms with van der Waals surface area (Å²) in [6.45, 7) is 10.7. The van der Waals surface area contributed by atoms with Crippen LogP contribution in [0.25, 0.3) is 0 Å². The molecule has 2 rings (SSSR count). The molecule has 0 saturated carbocycles. The van der Waals surface area contributed by atoms with Crippen LogP contribution in [0.15, 0.2) is 30.3 Å². The van der Waals surface area contributed by atoms with Crippen molar-refractivity contribution in [3.63, 3.8) is 0 Å². The van der Waals surface area contributed by atoms with Gasteiger partial charge in [-0.3, -0.25) is 14.4 Å². The number of carbonyl (C=O) groups is 3. The summed E-state index contributed by atoms with van der Waals surface area (Å²) in [6.07, 6.45) is -1.53. The molecule has 1 saturated heterocycles. The van der Waals surface area contributed by atoms with Crippen LogP contribution in [0.5, 0.6) is 0 Å². The van der Waals surface area contributed by atoms with Gasteiger partial charge in [-0.2, -0.15) is 0 Å². The zero-order chi connectivity index (χ0) is 31.4. The third kappa shape index (κ3) is 9.49. The summed E-state index contributed by atoms with van der Waals surface area (Å²) in [7, 11) is 6.42. The highest BCUT2D eigenvalue weighted by Gasteiger charge is 2.48. The molecule has 1 aromatic rings. The standard InChI is InChI=1S/C32H53N3O7/c1-10-21(4)27(35(6)32(38)22(5)20(2)3)24(39-7)18-26(36)34-19-25-28(40-8)29(41-9)30(42-25)31(37)33-17-16-23-14-12-11-13-15-23/h11-15,20-22,24-25,27-30H,10,16-19H2,1-9H3,(H,33,37)(H,34,36)/t21-,22-,24+,25+,27?,28+,29-,30?/m0/s1. The number of amides is 3. The largest absolute Gasteiger partial charge is 0.379 e. The fourth-order valence-corrected chi connectivity index (χ4v) is 5.53. The van der Waals surface area contributed by atoms with Gasteiger partial charge in [-0.25, -0.2) is 0 Å². The Bertz CT molecular complexity index is 976. The van der Waals surface area contributed by atoms with Crippen LogP contribution >= 0.6 is 0 Å². The van der Waals surface area contributed by atoms with E-state index in [9.17, 15) is 14.4 Å². The minimum Gasteiger partial charge on any atom is -0.379 e. The lowest BCUT2D eigenvalue weighted by atomic mass is 9.89. The van der Waals surface area contributed by atoms with Gasteiger partial charge in [0.2, 0.25) is 11.8 Å². The Morgan fingerprint density at radius 2 is 1.62 bits per heavy atom. The average molecular weight is 592 g/mol. The summed E-state index contributed by atoms with van der Waals surface area (Å²) in [5, 5.41) is 5.86. The topological polar surface area (TPSA) is 115 Å². The van der Waals surface area contributed by atoms with Crippen molar-refractivity contribution in [3.05, 3.63) is 35.9 Å². The molecule has 1 heterocycles. The van der Waals surface area contributed by atoms with Gasteiger partial charge in [0.1, 0.15) is 18.3 Å². The van der Waals surface area contributed by atoms with Crippen molar-refractivity contribution in [2.75, 3.05) is 41.5 Å².